The molecule has 0 aliphatic rings. The highest BCUT2D eigenvalue weighted by atomic mass is 14.3. The fourth-order valence-electron chi connectivity index (χ4n) is 1.20. The molecule has 0 saturated heterocycles. The van der Waals surface area contributed by atoms with Crippen molar-refractivity contribution in [2.75, 3.05) is 0 Å². The van der Waals surface area contributed by atoms with E-state index in [0.717, 1.165) is 5.56 Å². The molecule has 1 aromatic rings. The first-order chi connectivity index (χ1) is 6.11. The Kier molecular flexibility index (Phi) is 2.40. The number of nitriles is 1. The van der Waals surface area contributed by atoms with Crippen molar-refractivity contribution < 1.29 is 0 Å². The summed E-state index contributed by atoms with van der Waals surface area (Å²) in [5, 5.41) is 8.86. The van der Waals surface area contributed by atoms with Crippen LogP contribution in [0.3, 0.4) is 0 Å². The van der Waals surface area contributed by atoms with Gasteiger partial charge in [0.1, 0.15) is 0 Å². The minimum Gasteiger partial charge on any atom is -0.192 e. The van der Waals surface area contributed by atoms with Crippen LogP contribution in [0.15, 0.2) is 24.3 Å². The quantitative estimate of drug-likeness (QED) is 0.592. The molecule has 0 spiro atoms. The van der Waals surface area contributed by atoms with Crippen LogP contribution in [0.5, 0.6) is 0 Å². The first-order valence-corrected chi connectivity index (χ1v) is 4.09. The van der Waals surface area contributed by atoms with Crippen LogP contribution in [0.25, 0.3) is 0 Å². The third kappa shape index (κ3) is 1.71. The molecule has 0 unspecified atom stereocenters. The van der Waals surface area contributed by atoms with Gasteiger partial charge in [0.25, 0.3) is 0 Å². The second kappa shape index (κ2) is 3.33. The van der Waals surface area contributed by atoms with Crippen LogP contribution in [0.1, 0.15) is 25.0 Å². The predicted molar refractivity (Wildman–Crippen MR) is 53.0 cm³/mol. The third-order valence-electron chi connectivity index (χ3n) is 2.08. The number of benzene rings is 1. The molecule has 1 aromatic carbocycles. The van der Waals surface area contributed by atoms with E-state index in [4.69, 9.17) is 11.7 Å². The third-order valence-corrected chi connectivity index (χ3v) is 2.08. The van der Waals surface area contributed by atoms with Gasteiger partial charge in [0.15, 0.2) is 0 Å². The number of terminal acetylenes is 1. The van der Waals surface area contributed by atoms with Crippen molar-refractivity contribution in [3.05, 3.63) is 35.4 Å². The van der Waals surface area contributed by atoms with E-state index in [1.165, 1.54) is 0 Å². The molecule has 0 aliphatic carbocycles. The number of nitrogens with zero attached hydrogens (tertiary/aromatic N) is 1. The maximum absolute atomic E-state index is 8.86. The molecule has 0 fully saturated rings. The largest absolute Gasteiger partial charge is 0.192 e. The van der Waals surface area contributed by atoms with E-state index < -0.39 is 0 Å². The van der Waals surface area contributed by atoms with Crippen molar-refractivity contribution in [2.45, 2.75) is 19.3 Å². The first kappa shape index (κ1) is 9.36. The normalized spacial score (nSPS) is 10.2. The van der Waals surface area contributed by atoms with Gasteiger partial charge in [-0.3, -0.25) is 0 Å². The fraction of sp³-hybridized carbons (Fsp3) is 0.250. The summed E-state index contributed by atoms with van der Waals surface area (Å²) in [6.45, 7) is 3.87. The zero-order valence-corrected chi connectivity index (χ0v) is 7.83. The van der Waals surface area contributed by atoms with E-state index in [9.17, 15) is 0 Å². The van der Waals surface area contributed by atoms with Gasteiger partial charge in [0, 0.05) is 0 Å². The molecule has 0 amide bonds. The highest BCUT2D eigenvalue weighted by Gasteiger charge is 2.19. The van der Waals surface area contributed by atoms with Crippen LogP contribution >= 0.6 is 0 Å². The predicted octanol–water partition coefficient (Wildman–Crippen LogP) is 2.47. The zero-order chi connectivity index (χ0) is 9.90. The number of hydrogen-bond acceptors (Lipinski definition) is 1. The molecule has 0 aromatic heterocycles. The van der Waals surface area contributed by atoms with Crippen LogP contribution in [0, 0.1) is 23.7 Å². The van der Waals surface area contributed by atoms with Crippen LogP contribution in [-0.2, 0) is 5.41 Å². The molecular formula is C12H11N. The van der Waals surface area contributed by atoms with E-state index in [0.29, 0.717) is 5.56 Å². The van der Waals surface area contributed by atoms with Crippen molar-refractivity contribution in [3.8, 4) is 18.4 Å². The summed E-state index contributed by atoms with van der Waals surface area (Å²) in [4.78, 5) is 0. The second-order valence-corrected chi connectivity index (χ2v) is 3.43. The fourth-order valence-corrected chi connectivity index (χ4v) is 1.20. The van der Waals surface area contributed by atoms with Crippen molar-refractivity contribution >= 4 is 0 Å². The maximum Gasteiger partial charge on any atom is 0.0995 e. The molecule has 0 saturated carbocycles. The summed E-state index contributed by atoms with van der Waals surface area (Å²) in [6.07, 6.45) is 5.40. The molecule has 1 nitrogen and oxygen atoms in total. The summed E-state index contributed by atoms with van der Waals surface area (Å²) in [6, 6.07) is 9.57. The molecule has 0 bridgehead atoms. The molecule has 13 heavy (non-hydrogen) atoms. The summed E-state index contributed by atoms with van der Waals surface area (Å²) < 4.78 is 0. The Labute approximate surface area is 79.0 Å². The lowest BCUT2D eigenvalue weighted by atomic mass is 9.83. The van der Waals surface area contributed by atoms with E-state index in [2.05, 4.69) is 12.0 Å². The monoisotopic (exact) mass is 169 g/mol. The Balaban J connectivity index is 3.33. The average Bonchev–Trinajstić information content (AvgIpc) is 2.18. The van der Waals surface area contributed by atoms with Crippen LogP contribution in [0.2, 0.25) is 0 Å². The molecule has 1 heteroatoms. The molecule has 64 valence electrons. The highest BCUT2D eigenvalue weighted by molar-refractivity contribution is 5.45. The van der Waals surface area contributed by atoms with Gasteiger partial charge in [0.05, 0.1) is 17.0 Å². The molecule has 0 N–H and O–H groups in total. The van der Waals surface area contributed by atoms with Gasteiger partial charge in [-0.2, -0.15) is 5.26 Å². The summed E-state index contributed by atoms with van der Waals surface area (Å²) in [5.41, 5.74) is 1.21. The molecule has 0 radical (unpaired) electrons. The van der Waals surface area contributed by atoms with Gasteiger partial charge in [-0.15, -0.1) is 6.42 Å². The number of rotatable bonds is 1. The van der Waals surface area contributed by atoms with Gasteiger partial charge in [-0.1, -0.05) is 24.1 Å². The van der Waals surface area contributed by atoms with Crippen LogP contribution in [-0.4, -0.2) is 0 Å². The number of hydrogen-bond donors (Lipinski definition) is 0. The molecular weight excluding hydrogens is 158 g/mol. The lowest BCUT2D eigenvalue weighted by Crippen LogP contribution is -2.15. The van der Waals surface area contributed by atoms with E-state index >= 15 is 0 Å². The topological polar surface area (TPSA) is 23.8 Å². The maximum atomic E-state index is 8.86. The van der Waals surface area contributed by atoms with Crippen molar-refractivity contribution in [1.82, 2.24) is 0 Å². The average molecular weight is 169 g/mol. The highest BCUT2D eigenvalue weighted by Crippen LogP contribution is 2.24. The van der Waals surface area contributed by atoms with Crippen molar-refractivity contribution in [3.63, 3.8) is 0 Å². The lowest BCUT2D eigenvalue weighted by molar-refractivity contribution is 0.697. The summed E-state index contributed by atoms with van der Waals surface area (Å²) >= 11 is 0. The van der Waals surface area contributed by atoms with Crippen molar-refractivity contribution in [2.24, 2.45) is 0 Å². The zero-order valence-electron chi connectivity index (χ0n) is 7.83. The van der Waals surface area contributed by atoms with E-state index in [1.54, 1.807) is 6.07 Å². The first-order valence-electron chi connectivity index (χ1n) is 4.09. The SMILES string of the molecule is C#CC(C)(C)c1ccccc1C#N. The Morgan fingerprint density at radius 2 is 1.92 bits per heavy atom. The van der Waals surface area contributed by atoms with Gasteiger partial charge < -0.3 is 0 Å². The lowest BCUT2D eigenvalue weighted by Gasteiger charge is -2.18. The molecule has 1 rings (SSSR count). The minimum atomic E-state index is -0.369. The van der Waals surface area contributed by atoms with Gasteiger partial charge in [-0.25, -0.2) is 0 Å². The summed E-state index contributed by atoms with van der Waals surface area (Å²) in [7, 11) is 0. The van der Waals surface area contributed by atoms with Gasteiger partial charge in [0.2, 0.25) is 0 Å². The van der Waals surface area contributed by atoms with E-state index in [1.807, 2.05) is 32.0 Å². The smallest absolute Gasteiger partial charge is 0.0995 e. The van der Waals surface area contributed by atoms with Gasteiger partial charge >= 0.3 is 0 Å². The summed E-state index contributed by atoms with van der Waals surface area (Å²) in [5.74, 6) is 2.68. The molecule has 0 atom stereocenters. The van der Waals surface area contributed by atoms with Gasteiger partial charge in [-0.05, 0) is 25.5 Å². The Bertz CT molecular complexity index is 388. The van der Waals surface area contributed by atoms with Crippen molar-refractivity contribution in [1.29, 1.82) is 5.26 Å². The van der Waals surface area contributed by atoms with E-state index in [-0.39, 0.29) is 5.41 Å². The van der Waals surface area contributed by atoms with Crippen LogP contribution in [0.4, 0.5) is 0 Å². The molecule has 0 heterocycles. The standard InChI is InChI=1S/C12H11N/c1-4-12(2,3)11-8-6-5-7-10(11)9-13/h1,5-8H,2-3H3. The van der Waals surface area contributed by atoms with Crippen LogP contribution < -0.4 is 0 Å². The Morgan fingerprint density at radius 3 is 2.46 bits per heavy atom. The minimum absolute atomic E-state index is 0.369. The Hall–Kier alpha value is -1.73. The second-order valence-electron chi connectivity index (χ2n) is 3.43. The Morgan fingerprint density at radius 1 is 1.31 bits per heavy atom. The molecule has 0 aliphatic heterocycles.